The molecule has 1 saturated carbocycles. The van der Waals surface area contributed by atoms with E-state index in [2.05, 4.69) is 4.72 Å². The molecule has 0 aliphatic heterocycles. The van der Waals surface area contributed by atoms with E-state index >= 15 is 0 Å². The molecule has 1 aromatic rings. The standard InChI is InChI=1S/C11H15N3O4S/c12-7-11(8-4-5-8)13-19(17,18)10-3-1-2-9(6-10)14(15)16/h1-3,6,8,11,13H,4-5,7,12H2. The first-order valence-corrected chi connectivity index (χ1v) is 7.39. The van der Waals surface area contributed by atoms with E-state index in [9.17, 15) is 18.5 Å². The van der Waals surface area contributed by atoms with Crippen molar-refractivity contribution in [3.8, 4) is 0 Å². The van der Waals surface area contributed by atoms with Gasteiger partial charge in [-0.3, -0.25) is 10.1 Å². The zero-order valence-electron chi connectivity index (χ0n) is 10.2. The van der Waals surface area contributed by atoms with Crippen LogP contribution in [0.5, 0.6) is 0 Å². The van der Waals surface area contributed by atoms with E-state index in [-0.39, 0.29) is 29.1 Å². The van der Waals surface area contributed by atoms with E-state index < -0.39 is 14.9 Å². The maximum atomic E-state index is 12.1. The molecule has 0 spiro atoms. The van der Waals surface area contributed by atoms with Crippen LogP contribution in [0.15, 0.2) is 29.2 Å². The predicted octanol–water partition coefficient (Wildman–Crippen LogP) is 0.610. The highest BCUT2D eigenvalue weighted by Crippen LogP contribution is 2.33. The zero-order valence-corrected chi connectivity index (χ0v) is 11.0. The van der Waals surface area contributed by atoms with Gasteiger partial charge in [0, 0.05) is 24.7 Å². The Labute approximate surface area is 111 Å². The zero-order chi connectivity index (χ0) is 14.0. The number of non-ortho nitro benzene ring substituents is 1. The summed E-state index contributed by atoms with van der Waals surface area (Å²) in [7, 11) is -3.77. The van der Waals surface area contributed by atoms with Crippen molar-refractivity contribution in [3.05, 3.63) is 34.4 Å². The molecule has 0 radical (unpaired) electrons. The van der Waals surface area contributed by atoms with Gasteiger partial charge >= 0.3 is 0 Å². The second kappa shape index (κ2) is 5.24. The Morgan fingerprint density at radius 1 is 1.47 bits per heavy atom. The van der Waals surface area contributed by atoms with Crippen molar-refractivity contribution in [2.75, 3.05) is 6.54 Å². The lowest BCUT2D eigenvalue weighted by atomic mass is 10.2. The molecule has 0 saturated heterocycles. The van der Waals surface area contributed by atoms with Crippen molar-refractivity contribution in [1.82, 2.24) is 4.72 Å². The second-order valence-electron chi connectivity index (χ2n) is 4.56. The van der Waals surface area contributed by atoms with Crippen molar-refractivity contribution in [3.63, 3.8) is 0 Å². The topological polar surface area (TPSA) is 115 Å². The van der Waals surface area contributed by atoms with Crippen LogP contribution in [0.2, 0.25) is 0 Å². The van der Waals surface area contributed by atoms with Gasteiger partial charge in [-0.05, 0) is 24.8 Å². The fourth-order valence-corrected chi connectivity index (χ4v) is 3.22. The van der Waals surface area contributed by atoms with Crippen LogP contribution in [0.25, 0.3) is 0 Å². The van der Waals surface area contributed by atoms with E-state index in [1.807, 2.05) is 0 Å². The Hall–Kier alpha value is -1.51. The first-order chi connectivity index (χ1) is 8.94. The van der Waals surface area contributed by atoms with Gasteiger partial charge in [-0.2, -0.15) is 0 Å². The first kappa shape index (κ1) is 13.9. The third-order valence-corrected chi connectivity index (χ3v) is 4.58. The van der Waals surface area contributed by atoms with Crippen LogP contribution in [-0.2, 0) is 10.0 Å². The molecule has 1 aliphatic rings. The largest absolute Gasteiger partial charge is 0.329 e. The van der Waals surface area contributed by atoms with Crippen molar-refractivity contribution < 1.29 is 13.3 Å². The Morgan fingerprint density at radius 2 is 2.16 bits per heavy atom. The summed E-state index contributed by atoms with van der Waals surface area (Å²) in [5.41, 5.74) is 5.29. The molecule has 0 aromatic heterocycles. The molecule has 2 rings (SSSR count). The predicted molar refractivity (Wildman–Crippen MR) is 69.0 cm³/mol. The normalized spacial score (nSPS) is 17.1. The molecule has 0 bridgehead atoms. The number of rotatable bonds is 6. The lowest BCUT2D eigenvalue weighted by Gasteiger charge is -2.16. The highest BCUT2D eigenvalue weighted by molar-refractivity contribution is 7.89. The van der Waals surface area contributed by atoms with E-state index in [4.69, 9.17) is 5.73 Å². The van der Waals surface area contributed by atoms with Crippen LogP contribution < -0.4 is 10.5 Å². The van der Waals surface area contributed by atoms with Gasteiger partial charge in [0.25, 0.3) is 5.69 Å². The molecule has 3 N–H and O–H groups in total. The van der Waals surface area contributed by atoms with E-state index in [1.54, 1.807) is 0 Å². The monoisotopic (exact) mass is 285 g/mol. The molecule has 1 atom stereocenters. The minimum Gasteiger partial charge on any atom is -0.329 e. The molecule has 1 aliphatic carbocycles. The van der Waals surface area contributed by atoms with E-state index in [1.165, 1.54) is 18.2 Å². The third kappa shape index (κ3) is 3.28. The van der Waals surface area contributed by atoms with Crippen molar-refractivity contribution in [2.24, 2.45) is 11.7 Å². The number of nitro benzene ring substituents is 1. The highest BCUT2D eigenvalue weighted by Gasteiger charge is 2.33. The molecule has 8 heteroatoms. The molecule has 0 heterocycles. The minimum absolute atomic E-state index is 0.110. The number of hydrogen-bond donors (Lipinski definition) is 2. The summed E-state index contributed by atoms with van der Waals surface area (Å²) in [5.74, 6) is 0.276. The van der Waals surface area contributed by atoms with Crippen LogP contribution in [-0.4, -0.2) is 25.9 Å². The van der Waals surface area contributed by atoms with Gasteiger partial charge in [-0.15, -0.1) is 0 Å². The highest BCUT2D eigenvalue weighted by atomic mass is 32.2. The number of nitrogens with zero attached hydrogens (tertiary/aromatic N) is 1. The molecule has 104 valence electrons. The third-order valence-electron chi connectivity index (χ3n) is 3.09. The fraction of sp³-hybridized carbons (Fsp3) is 0.455. The van der Waals surface area contributed by atoms with Crippen LogP contribution in [0, 0.1) is 16.0 Å². The minimum atomic E-state index is -3.77. The summed E-state index contributed by atoms with van der Waals surface area (Å²) in [5, 5.41) is 10.6. The Bertz CT molecular complexity index is 583. The Morgan fingerprint density at radius 3 is 2.68 bits per heavy atom. The molecule has 19 heavy (non-hydrogen) atoms. The lowest BCUT2D eigenvalue weighted by Crippen LogP contribution is -2.41. The molecule has 1 unspecified atom stereocenters. The average molecular weight is 285 g/mol. The molecular formula is C11H15N3O4S. The van der Waals surface area contributed by atoms with Gasteiger partial charge in [-0.1, -0.05) is 6.07 Å². The lowest BCUT2D eigenvalue weighted by molar-refractivity contribution is -0.385. The van der Waals surface area contributed by atoms with E-state index in [0.717, 1.165) is 18.9 Å². The van der Waals surface area contributed by atoms with Gasteiger partial charge in [0.1, 0.15) is 0 Å². The summed E-state index contributed by atoms with van der Waals surface area (Å²) < 4.78 is 26.8. The first-order valence-electron chi connectivity index (χ1n) is 5.91. The maximum absolute atomic E-state index is 12.1. The van der Waals surface area contributed by atoms with Gasteiger partial charge in [0.2, 0.25) is 10.0 Å². The summed E-state index contributed by atoms with van der Waals surface area (Å²) in [6.07, 6.45) is 1.92. The van der Waals surface area contributed by atoms with Crippen LogP contribution >= 0.6 is 0 Å². The maximum Gasteiger partial charge on any atom is 0.270 e. The summed E-state index contributed by atoms with van der Waals surface area (Å²) in [6, 6.07) is 4.67. The summed E-state index contributed by atoms with van der Waals surface area (Å²) in [6.45, 7) is 0.221. The SMILES string of the molecule is NCC(NS(=O)(=O)c1cccc([N+](=O)[O-])c1)C1CC1. The van der Waals surface area contributed by atoms with Gasteiger partial charge in [0.05, 0.1) is 9.82 Å². The van der Waals surface area contributed by atoms with Gasteiger partial charge in [0.15, 0.2) is 0 Å². The van der Waals surface area contributed by atoms with Crippen LogP contribution in [0.4, 0.5) is 5.69 Å². The smallest absolute Gasteiger partial charge is 0.270 e. The number of nitro groups is 1. The van der Waals surface area contributed by atoms with Crippen molar-refractivity contribution in [2.45, 2.75) is 23.8 Å². The van der Waals surface area contributed by atoms with Gasteiger partial charge in [-0.25, -0.2) is 13.1 Å². The summed E-state index contributed by atoms with van der Waals surface area (Å²) in [4.78, 5) is 9.91. The quantitative estimate of drug-likeness (QED) is 0.587. The van der Waals surface area contributed by atoms with Crippen molar-refractivity contribution in [1.29, 1.82) is 0 Å². The molecule has 1 aromatic carbocycles. The molecular weight excluding hydrogens is 270 g/mol. The number of nitrogens with one attached hydrogen (secondary N) is 1. The number of benzene rings is 1. The Balaban J connectivity index is 2.23. The summed E-state index contributed by atoms with van der Waals surface area (Å²) >= 11 is 0. The van der Waals surface area contributed by atoms with Crippen LogP contribution in [0.3, 0.4) is 0 Å². The number of nitrogens with two attached hydrogens (primary N) is 1. The number of sulfonamides is 1. The molecule has 1 fully saturated rings. The molecule has 7 nitrogen and oxygen atoms in total. The molecule has 0 amide bonds. The Kier molecular flexibility index (Phi) is 3.83. The second-order valence-corrected chi connectivity index (χ2v) is 6.27. The van der Waals surface area contributed by atoms with Crippen molar-refractivity contribution >= 4 is 15.7 Å². The van der Waals surface area contributed by atoms with E-state index in [0.29, 0.717) is 0 Å². The van der Waals surface area contributed by atoms with Crippen LogP contribution in [0.1, 0.15) is 12.8 Å². The average Bonchev–Trinajstić information content (AvgIpc) is 3.20. The number of hydrogen-bond acceptors (Lipinski definition) is 5. The fourth-order valence-electron chi connectivity index (χ4n) is 1.87. The van der Waals surface area contributed by atoms with Gasteiger partial charge < -0.3 is 5.73 Å².